The standard InChI is InChI=1S/C21H26N4O3/c26-20(18-8-13-27-21(28-18)16-4-2-1-3-5-16)25-11-9-24(10-12-25)19-14-17(22-23-19)15-6-7-15/h1-5,14-15,18,21H,6-13H2,(H,22,23). The number of benzene rings is 1. The number of aromatic amines is 1. The fourth-order valence-corrected chi connectivity index (χ4v) is 3.96. The number of H-pyrrole nitrogens is 1. The van der Waals surface area contributed by atoms with E-state index in [9.17, 15) is 4.79 Å². The smallest absolute Gasteiger partial charge is 0.252 e. The van der Waals surface area contributed by atoms with Crippen LogP contribution in [0.5, 0.6) is 0 Å². The Kier molecular flexibility index (Phi) is 4.78. The Labute approximate surface area is 164 Å². The van der Waals surface area contributed by atoms with Crippen molar-refractivity contribution >= 4 is 11.7 Å². The lowest BCUT2D eigenvalue weighted by Gasteiger charge is -2.38. The molecule has 28 heavy (non-hydrogen) atoms. The van der Waals surface area contributed by atoms with E-state index in [0.717, 1.165) is 24.5 Å². The maximum Gasteiger partial charge on any atom is 0.252 e. The van der Waals surface area contributed by atoms with Gasteiger partial charge in [0.2, 0.25) is 0 Å². The predicted molar refractivity (Wildman–Crippen MR) is 104 cm³/mol. The molecule has 1 aromatic carbocycles. The van der Waals surface area contributed by atoms with Gasteiger partial charge in [0.15, 0.2) is 12.1 Å². The molecule has 2 aromatic rings. The normalized spacial score (nSPS) is 25.7. The highest BCUT2D eigenvalue weighted by molar-refractivity contribution is 5.81. The zero-order chi connectivity index (χ0) is 18.9. The summed E-state index contributed by atoms with van der Waals surface area (Å²) in [7, 11) is 0. The van der Waals surface area contributed by atoms with Crippen LogP contribution >= 0.6 is 0 Å². The first-order chi connectivity index (χ1) is 13.8. The van der Waals surface area contributed by atoms with E-state index in [2.05, 4.69) is 21.2 Å². The third kappa shape index (κ3) is 3.64. The average molecular weight is 382 g/mol. The minimum Gasteiger partial charge on any atom is -0.352 e. The van der Waals surface area contributed by atoms with E-state index in [4.69, 9.17) is 9.47 Å². The summed E-state index contributed by atoms with van der Waals surface area (Å²) in [6, 6.07) is 12.0. The summed E-state index contributed by atoms with van der Waals surface area (Å²) in [5.74, 6) is 1.75. The van der Waals surface area contributed by atoms with Crippen molar-refractivity contribution in [3.05, 3.63) is 47.7 Å². The molecule has 7 heteroatoms. The minimum atomic E-state index is -0.463. The number of ether oxygens (including phenoxy) is 2. The Morgan fingerprint density at radius 1 is 1.07 bits per heavy atom. The van der Waals surface area contributed by atoms with Crippen molar-refractivity contribution in [2.75, 3.05) is 37.7 Å². The number of carbonyl (C=O) groups excluding carboxylic acids is 1. The molecule has 2 aliphatic heterocycles. The molecule has 3 heterocycles. The van der Waals surface area contributed by atoms with Gasteiger partial charge in [-0.25, -0.2) is 0 Å². The molecular formula is C21H26N4O3. The number of nitrogens with zero attached hydrogens (tertiary/aromatic N) is 3. The van der Waals surface area contributed by atoms with E-state index in [-0.39, 0.29) is 5.91 Å². The average Bonchev–Trinajstić information content (AvgIpc) is 3.51. The number of nitrogens with one attached hydrogen (secondary N) is 1. The largest absolute Gasteiger partial charge is 0.352 e. The van der Waals surface area contributed by atoms with Crippen LogP contribution < -0.4 is 4.90 Å². The molecule has 7 nitrogen and oxygen atoms in total. The zero-order valence-electron chi connectivity index (χ0n) is 15.9. The molecule has 1 amide bonds. The molecular weight excluding hydrogens is 356 g/mol. The van der Waals surface area contributed by atoms with Crippen LogP contribution in [0.15, 0.2) is 36.4 Å². The number of anilines is 1. The Morgan fingerprint density at radius 2 is 1.86 bits per heavy atom. The molecule has 0 bridgehead atoms. The number of hydrogen-bond donors (Lipinski definition) is 1. The van der Waals surface area contributed by atoms with Gasteiger partial charge in [0.25, 0.3) is 5.91 Å². The summed E-state index contributed by atoms with van der Waals surface area (Å²) in [6.45, 7) is 3.52. The second-order valence-corrected chi connectivity index (χ2v) is 7.79. The topological polar surface area (TPSA) is 70.7 Å². The van der Waals surface area contributed by atoms with E-state index < -0.39 is 12.4 Å². The second-order valence-electron chi connectivity index (χ2n) is 7.79. The minimum absolute atomic E-state index is 0.0737. The number of rotatable bonds is 4. The molecule has 3 aliphatic rings. The van der Waals surface area contributed by atoms with E-state index in [0.29, 0.717) is 32.0 Å². The van der Waals surface area contributed by atoms with Crippen molar-refractivity contribution in [3.63, 3.8) is 0 Å². The fraction of sp³-hybridized carbons (Fsp3) is 0.524. The Bertz CT molecular complexity index is 812. The Morgan fingerprint density at radius 3 is 2.61 bits per heavy atom. The van der Waals surface area contributed by atoms with Gasteiger partial charge in [-0.15, -0.1) is 0 Å². The van der Waals surface area contributed by atoms with Crippen molar-refractivity contribution < 1.29 is 14.3 Å². The monoisotopic (exact) mass is 382 g/mol. The molecule has 2 unspecified atom stereocenters. The molecule has 2 saturated heterocycles. The highest BCUT2D eigenvalue weighted by Crippen LogP contribution is 2.40. The van der Waals surface area contributed by atoms with Gasteiger partial charge >= 0.3 is 0 Å². The molecule has 5 rings (SSSR count). The van der Waals surface area contributed by atoms with Crippen molar-refractivity contribution in [2.24, 2.45) is 0 Å². The summed E-state index contributed by atoms with van der Waals surface area (Å²) in [5.41, 5.74) is 2.20. The van der Waals surface area contributed by atoms with Crippen LogP contribution in [0.4, 0.5) is 5.82 Å². The molecule has 3 fully saturated rings. The molecule has 2 atom stereocenters. The number of carbonyl (C=O) groups is 1. The van der Waals surface area contributed by atoms with Crippen LogP contribution in [0.25, 0.3) is 0 Å². The van der Waals surface area contributed by atoms with Crippen LogP contribution in [-0.2, 0) is 14.3 Å². The Balaban J connectivity index is 1.17. The van der Waals surface area contributed by atoms with Crippen molar-refractivity contribution in [1.82, 2.24) is 15.1 Å². The maximum atomic E-state index is 13.0. The van der Waals surface area contributed by atoms with Gasteiger partial charge in [-0.1, -0.05) is 30.3 Å². The summed E-state index contributed by atoms with van der Waals surface area (Å²) >= 11 is 0. The zero-order valence-corrected chi connectivity index (χ0v) is 15.9. The van der Waals surface area contributed by atoms with Gasteiger partial charge < -0.3 is 19.3 Å². The number of aromatic nitrogens is 2. The molecule has 0 spiro atoms. The number of amides is 1. The third-order valence-electron chi connectivity index (χ3n) is 5.80. The highest BCUT2D eigenvalue weighted by Gasteiger charge is 2.34. The molecule has 0 radical (unpaired) electrons. The van der Waals surface area contributed by atoms with E-state index in [1.807, 2.05) is 35.2 Å². The van der Waals surface area contributed by atoms with Crippen molar-refractivity contribution in [1.29, 1.82) is 0 Å². The van der Waals surface area contributed by atoms with E-state index in [1.54, 1.807) is 0 Å². The van der Waals surface area contributed by atoms with Crippen molar-refractivity contribution in [2.45, 2.75) is 37.6 Å². The van der Waals surface area contributed by atoms with Crippen LogP contribution in [0.3, 0.4) is 0 Å². The summed E-state index contributed by atoms with van der Waals surface area (Å²) < 4.78 is 11.7. The molecule has 1 aromatic heterocycles. The molecule has 1 aliphatic carbocycles. The van der Waals surface area contributed by atoms with Crippen LogP contribution in [0.2, 0.25) is 0 Å². The lowest BCUT2D eigenvalue weighted by Crippen LogP contribution is -2.53. The first-order valence-corrected chi connectivity index (χ1v) is 10.2. The quantitative estimate of drug-likeness (QED) is 0.880. The Hall–Kier alpha value is -2.38. The highest BCUT2D eigenvalue weighted by atomic mass is 16.7. The van der Waals surface area contributed by atoms with Gasteiger partial charge in [0, 0.05) is 55.8 Å². The van der Waals surface area contributed by atoms with Gasteiger partial charge in [0.05, 0.1) is 6.61 Å². The second kappa shape index (κ2) is 7.56. The fourth-order valence-electron chi connectivity index (χ4n) is 3.96. The summed E-state index contributed by atoms with van der Waals surface area (Å²) in [6.07, 6.45) is 2.23. The number of piperazine rings is 1. The van der Waals surface area contributed by atoms with E-state index >= 15 is 0 Å². The van der Waals surface area contributed by atoms with Gasteiger partial charge in [-0.2, -0.15) is 5.10 Å². The lowest BCUT2D eigenvalue weighted by molar-refractivity contribution is -0.221. The van der Waals surface area contributed by atoms with Gasteiger partial charge in [-0.05, 0) is 12.8 Å². The number of hydrogen-bond acceptors (Lipinski definition) is 5. The first-order valence-electron chi connectivity index (χ1n) is 10.2. The third-order valence-corrected chi connectivity index (χ3v) is 5.80. The van der Waals surface area contributed by atoms with Gasteiger partial charge in [0.1, 0.15) is 6.10 Å². The summed E-state index contributed by atoms with van der Waals surface area (Å²) in [5, 5.41) is 7.63. The van der Waals surface area contributed by atoms with Gasteiger partial charge in [-0.3, -0.25) is 9.89 Å². The van der Waals surface area contributed by atoms with Crippen molar-refractivity contribution in [3.8, 4) is 0 Å². The van der Waals surface area contributed by atoms with E-state index in [1.165, 1.54) is 18.5 Å². The predicted octanol–water partition coefficient (Wildman–Crippen LogP) is 2.44. The van der Waals surface area contributed by atoms with Crippen LogP contribution in [0, 0.1) is 0 Å². The lowest BCUT2D eigenvalue weighted by atomic mass is 10.1. The molecule has 1 saturated carbocycles. The van der Waals surface area contributed by atoms with Crippen LogP contribution in [-0.4, -0.2) is 59.9 Å². The molecule has 1 N–H and O–H groups in total. The maximum absolute atomic E-state index is 13.0. The van der Waals surface area contributed by atoms with Crippen LogP contribution in [0.1, 0.15) is 42.7 Å². The molecule has 148 valence electrons. The summed E-state index contributed by atoms with van der Waals surface area (Å²) in [4.78, 5) is 17.2. The first kappa shape index (κ1) is 17.7. The SMILES string of the molecule is O=C(C1CCOC(c2ccccc2)O1)N1CCN(c2cc(C3CC3)[nH]n2)CC1.